The van der Waals surface area contributed by atoms with Crippen LogP contribution in [0.5, 0.6) is 0 Å². The van der Waals surface area contributed by atoms with Crippen molar-refractivity contribution >= 4 is 23.6 Å². The number of amides is 1. The third-order valence-electron chi connectivity index (χ3n) is 5.58. The number of likely N-dealkylation sites (tertiary alicyclic amines) is 2. The van der Waals surface area contributed by atoms with Gasteiger partial charge in [0, 0.05) is 30.6 Å². The van der Waals surface area contributed by atoms with Crippen molar-refractivity contribution in [3.05, 3.63) is 29.8 Å². The van der Waals surface area contributed by atoms with Crippen LogP contribution in [0.1, 0.15) is 31.2 Å². The van der Waals surface area contributed by atoms with E-state index in [1.54, 1.807) is 11.8 Å². The van der Waals surface area contributed by atoms with Crippen LogP contribution in [0.15, 0.2) is 29.2 Å². The number of hydrogen-bond donors (Lipinski definition) is 1. The molecule has 6 heteroatoms. The summed E-state index contributed by atoms with van der Waals surface area (Å²) in [5.74, 6) is -0.205. The van der Waals surface area contributed by atoms with Gasteiger partial charge in [-0.15, -0.1) is 11.8 Å². The maximum atomic E-state index is 12.5. The Kier molecular flexibility index (Phi) is 6.59. The molecule has 0 bridgehead atoms. The quantitative estimate of drug-likeness (QED) is 0.801. The minimum absolute atomic E-state index is 0.207. The van der Waals surface area contributed by atoms with Gasteiger partial charge in [0.1, 0.15) is 0 Å². The number of carboxylic acids is 1. The van der Waals surface area contributed by atoms with E-state index in [4.69, 9.17) is 0 Å². The molecule has 1 aromatic carbocycles. The smallest absolute Gasteiger partial charge is 0.307 e. The Morgan fingerprint density at radius 2 is 1.88 bits per heavy atom. The molecule has 5 nitrogen and oxygen atoms in total. The predicted molar refractivity (Wildman–Crippen MR) is 103 cm³/mol. The summed E-state index contributed by atoms with van der Waals surface area (Å²) < 4.78 is 0. The zero-order valence-corrected chi connectivity index (χ0v) is 16.2. The van der Waals surface area contributed by atoms with Crippen LogP contribution in [0.3, 0.4) is 0 Å². The first-order valence-electron chi connectivity index (χ1n) is 9.47. The van der Waals surface area contributed by atoms with Crippen molar-refractivity contribution in [2.24, 2.45) is 5.92 Å². The molecule has 1 amide bonds. The number of carbonyl (C=O) groups is 2. The molecule has 2 fully saturated rings. The molecule has 2 aliphatic heterocycles. The predicted octanol–water partition coefficient (Wildman–Crippen LogP) is 2.87. The lowest BCUT2D eigenvalue weighted by Gasteiger charge is -2.41. The molecule has 0 saturated carbocycles. The molecular weight excluding hydrogens is 348 g/mol. The molecular formula is C20H28N2O3S. The number of benzene rings is 1. The Labute approximate surface area is 159 Å². The summed E-state index contributed by atoms with van der Waals surface area (Å²) in [5.41, 5.74) is 1.21. The van der Waals surface area contributed by atoms with Gasteiger partial charge in [-0.1, -0.05) is 18.2 Å². The monoisotopic (exact) mass is 376 g/mol. The minimum atomic E-state index is -0.671. The first kappa shape index (κ1) is 19.2. The number of thioether (sulfide) groups is 1. The van der Waals surface area contributed by atoms with E-state index in [1.165, 1.54) is 10.5 Å². The van der Waals surface area contributed by atoms with Crippen molar-refractivity contribution in [3.8, 4) is 0 Å². The summed E-state index contributed by atoms with van der Waals surface area (Å²) in [4.78, 5) is 29.3. The number of carbonyl (C=O) groups excluding carboxylic acids is 1. The number of aliphatic carboxylic acids is 1. The average Bonchev–Trinajstić information content (AvgIpc) is 2.67. The third kappa shape index (κ3) is 4.80. The molecule has 26 heavy (non-hydrogen) atoms. The van der Waals surface area contributed by atoms with E-state index >= 15 is 0 Å². The lowest BCUT2D eigenvalue weighted by atomic mass is 9.94. The van der Waals surface area contributed by atoms with Gasteiger partial charge in [0.2, 0.25) is 5.91 Å². The number of piperidine rings is 2. The lowest BCUT2D eigenvalue weighted by molar-refractivity contribution is -0.144. The largest absolute Gasteiger partial charge is 0.481 e. The highest BCUT2D eigenvalue weighted by Gasteiger charge is 2.32. The summed E-state index contributed by atoms with van der Waals surface area (Å²) in [5, 5.41) is 9.26. The Bertz CT molecular complexity index is 644. The van der Waals surface area contributed by atoms with Gasteiger partial charge in [-0.05, 0) is 50.8 Å². The van der Waals surface area contributed by atoms with Crippen LogP contribution in [0.25, 0.3) is 0 Å². The summed E-state index contributed by atoms with van der Waals surface area (Å²) >= 11 is 1.61. The SMILES string of the molecule is Cc1ccccc1SCC(=O)N1CCC(N2CCCC(C(=O)O)C2)CC1. The molecule has 1 aromatic rings. The van der Waals surface area contributed by atoms with E-state index in [0.717, 1.165) is 45.3 Å². The summed E-state index contributed by atoms with van der Waals surface area (Å²) in [7, 11) is 0. The standard InChI is InChI=1S/C20H28N2O3S/c1-15-5-2-3-7-18(15)26-14-19(23)21-11-8-17(9-12-21)22-10-4-6-16(13-22)20(24)25/h2-3,5,7,16-17H,4,6,8-14H2,1H3,(H,24,25). The highest BCUT2D eigenvalue weighted by molar-refractivity contribution is 8.00. The van der Waals surface area contributed by atoms with Gasteiger partial charge in [0.25, 0.3) is 0 Å². The van der Waals surface area contributed by atoms with Gasteiger partial charge in [-0.25, -0.2) is 0 Å². The highest BCUT2D eigenvalue weighted by atomic mass is 32.2. The fourth-order valence-electron chi connectivity index (χ4n) is 3.97. The van der Waals surface area contributed by atoms with E-state index in [0.29, 0.717) is 18.3 Å². The van der Waals surface area contributed by atoms with E-state index in [-0.39, 0.29) is 11.8 Å². The molecule has 142 valence electrons. The molecule has 3 rings (SSSR count). The van der Waals surface area contributed by atoms with Crippen LogP contribution >= 0.6 is 11.8 Å². The van der Waals surface area contributed by atoms with Crippen LogP contribution < -0.4 is 0 Å². The molecule has 2 heterocycles. The Balaban J connectivity index is 1.45. The van der Waals surface area contributed by atoms with Crippen molar-refractivity contribution in [3.63, 3.8) is 0 Å². The first-order chi connectivity index (χ1) is 12.5. The van der Waals surface area contributed by atoms with E-state index < -0.39 is 5.97 Å². The molecule has 0 radical (unpaired) electrons. The topological polar surface area (TPSA) is 60.9 Å². The normalized spacial score (nSPS) is 22.3. The second kappa shape index (κ2) is 8.91. The number of nitrogens with zero attached hydrogens (tertiary/aromatic N) is 2. The average molecular weight is 377 g/mol. The number of rotatable bonds is 5. The Morgan fingerprint density at radius 1 is 1.15 bits per heavy atom. The fourth-order valence-corrected chi connectivity index (χ4v) is 4.90. The number of hydrogen-bond acceptors (Lipinski definition) is 4. The molecule has 2 aliphatic rings. The van der Waals surface area contributed by atoms with Gasteiger partial charge in [-0.2, -0.15) is 0 Å². The molecule has 1 unspecified atom stereocenters. The van der Waals surface area contributed by atoms with Crippen molar-refractivity contribution < 1.29 is 14.7 Å². The second-order valence-corrected chi connectivity index (χ2v) is 8.36. The van der Waals surface area contributed by atoms with Crippen LogP contribution in [0.2, 0.25) is 0 Å². The van der Waals surface area contributed by atoms with Crippen LogP contribution in [-0.2, 0) is 9.59 Å². The van der Waals surface area contributed by atoms with Gasteiger partial charge >= 0.3 is 5.97 Å². The van der Waals surface area contributed by atoms with Gasteiger partial charge in [0.15, 0.2) is 0 Å². The summed E-state index contributed by atoms with van der Waals surface area (Å²) in [6.07, 6.45) is 3.66. The molecule has 0 aliphatic carbocycles. The molecule has 1 N–H and O–H groups in total. The zero-order chi connectivity index (χ0) is 18.5. The third-order valence-corrected chi connectivity index (χ3v) is 6.74. The van der Waals surface area contributed by atoms with Gasteiger partial charge in [-0.3, -0.25) is 14.5 Å². The van der Waals surface area contributed by atoms with Crippen LogP contribution in [-0.4, -0.2) is 64.8 Å². The highest BCUT2D eigenvalue weighted by Crippen LogP contribution is 2.26. The summed E-state index contributed by atoms with van der Waals surface area (Å²) in [6.45, 7) is 5.29. The van der Waals surface area contributed by atoms with E-state index in [9.17, 15) is 14.7 Å². The van der Waals surface area contributed by atoms with E-state index in [2.05, 4.69) is 24.0 Å². The van der Waals surface area contributed by atoms with Crippen molar-refractivity contribution in [1.29, 1.82) is 0 Å². The Morgan fingerprint density at radius 3 is 2.58 bits per heavy atom. The van der Waals surface area contributed by atoms with Crippen molar-refractivity contribution in [2.75, 3.05) is 31.9 Å². The molecule has 1 atom stereocenters. The van der Waals surface area contributed by atoms with Crippen molar-refractivity contribution in [2.45, 2.75) is 43.5 Å². The summed E-state index contributed by atoms with van der Waals surface area (Å²) in [6, 6.07) is 8.58. The van der Waals surface area contributed by atoms with Crippen LogP contribution in [0, 0.1) is 12.8 Å². The fraction of sp³-hybridized carbons (Fsp3) is 0.600. The van der Waals surface area contributed by atoms with E-state index in [1.807, 2.05) is 17.0 Å². The van der Waals surface area contributed by atoms with Gasteiger partial charge < -0.3 is 10.0 Å². The molecule has 2 saturated heterocycles. The zero-order valence-electron chi connectivity index (χ0n) is 15.4. The number of carboxylic acid groups (broad SMARTS) is 1. The Hall–Kier alpha value is -1.53. The van der Waals surface area contributed by atoms with Crippen LogP contribution in [0.4, 0.5) is 0 Å². The minimum Gasteiger partial charge on any atom is -0.481 e. The second-order valence-electron chi connectivity index (χ2n) is 7.34. The van der Waals surface area contributed by atoms with Gasteiger partial charge in [0.05, 0.1) is 11.7 Å². The molecule has 0 aromatic heterocycles. The number of aryl methyl sites for hydroxylation is 1. The maximum absolute atomic E-state index is 12.5. The first-order valence-corrected chi connectivity index (χ1v) is 10.5. The molecule has 0 spiro atoms. The maximum Gasteiger partial charge on any atom is 0.307 e. The van der Waals surface area contributed by atoms with Crippen molar-refractivity contribution in [1.82, 2.24) is 9.80 Å². The lowest BCUT2D eigenvalue weighted by Crippen LogP contribution is -2.50.